The molecule has 15 heavy (non-hydrogen) atoms. The lowest BCUT2D eigenvalue weighted by molar-refractivity contribution is -0.143. The van der Waals surface area contributed by atoms with Crippen LogP contribution in [-0.4, -0.2) is 16.2 Å². The molecule has 0 radical (unpaired) electrons. The molecule has 1 atom stereocenters. The Balaban J connectivity index is 3.00. The zero-order valence-corrected chi connectivity index (χ0v) is 9.99. The number of benzene rings is 1. The molecule has 0 amide bonds. The summed E-state index contributed by atoms with van der Waals surface area (Å²) in [5, 5.41) is 18.9. The summed E-state index contributed by atoms with van der Waals surface area (Å²) in [6.07, 6.45) is 0.103. The molecule has 3 nitrogen and oxygen atoms in total. The van der Waals surface area contributed by atoms with Crippen LogP contribution in [0.1, 0.15) is 25.3 Å². The third kappa shape index (κ3) is 3.04. The average Bonchev–Trinajstić information content (AvgIpc) is 2.17. The quantitative estimate of drug-likeness (QED) is 0.886. The summed E-state index contributed by atoms with van der Waals surface area (Å²) in [7, 11) is 0. The van der Waals surface area contributed by atoms with Gasteiger partial charge in [-0.15, -0.1) is 0 Å². The minimum atomic E-state index is -1.27. The number of halogens is 1. The first kappa shape index (κ1) is 12.2. The van der Waals surface area contributed by atoms with Crippen LogP contribution in [0.3, 0.4) is 0 Å². The van der Waals surface area contributed by atoms with Crippen LogP contribution in [-0.2, 0) is 10.4 Å². The Morgan fingerprint density at radius 2 is 1.93 bits per heavy atom. The second-order valence-electron chi connectivity index (χ2n) is 3.46. The van der Waals surface area contributed by atoms with Crippen LogP contribution in [0.4, 0.5) is 0 Å². The summed E-state index contributed by atoms with van der Waals surface area (Å²) in [6.45, 7) is 1.77. The number of carboxylic acid groups (broad SMARTS) is 1. The smallest absolute Gasteiger partial charge is 0.306 e. The summed E-state index contributed by atoms with van der Waals surface area (Å²) in [4.78, 5) is 10.6. The van der Waals surface area contributed by atoms with Gasteiger partial charge in [-0.2, -0.15) is 0 Å². The Hall–Kier alpha value is -0.870. The molecule has 1 rings (SSSR count). The van der Waals surface area contributed by atoms with E-state index in [2.05, 4.69) is 15.9 Å². The molecular weight excluding hydrogens is 260 g/mol. The number of carbonyl (C=O) groups is 1. The second kappa shape index (κ2) is 4.77. The molecule has 0 bridgehead atoms. The third-order valence-electron chi connectivity index (χ3n) is 2.41. The number of hydrogen-bond acceptors (Lipinski definition) is 2. The van der Waals surface area contributed by atoms with E-state index in [-0.39, 0.29) is 6.42 Å². The molecular formula is C11H13BrO3. The molecule has 0 aliphatic heterocycles. The standard InChI is InChI=1S/C11H13BrO3/c1-2-11(15,7-10(13)14)8-3-5-9(12)6-4-8/h3-6,15H,2,7H2,1H3,(H,13,14). The normalized spacial score (nSPS) is 14.6. The van der Waals surface area contributed by atoms with Crippen LogP contribution < -0.4 is 0 Å². The molecule has 2 N–H and O–H groups in total. The number of rotatable bonds is 4. The van der Waals surface area contributed by atoms with Crippen LogP contribution >= 0.6 is 15.9 Å². The maximum Gasteiger partial charge on any atom is 0.306 e. The van der Waals surface area contributed by atoms with Crippen molar-refractivity contribution in [1.29, 1.82) is 0 Å². The van der Waals surface area contributed by atoms with E-state index in [1.807, 2.05) is 0 Å². The van der Waals surface area contributed by atoms with Crippen molar-refractivity contribution in [2.75, 3.05) is 0 Å². The molecule has 0 aliphatic carbocycles. The Bertz CT molecular complexity index is 347. The van der Waals surface area contributed by atoms with E-state index >= 15 is 0 Å². The summed E-state index contributed by atoms with van der Waals surface area (Å²) >= 11 is 3.29. The number of aliphatic carboxylic acids is 1. The van der Waals surface area contributed by atoms with Gasteiger partial charge in [-0.3, -0.25) is 4.79 Å². The van der Waals surface area contributed by atoms with Crippen molar-refractivity contribution >= 4 is 21.9 Å². The van der Waals surface area contributed by atoms with Crippen molar-refractivity contribution in [1.82, 2.24) is 0 Å². The van der Waals surface area contributed by atoms with Gasteiger partial charge in [-0.25, -0.2) is 0 Å². The van der Waals surface area contributed by atoms with Gasteiger partial charge in [0.05, 0.1) is 12.0 Å². The largest absolute Gasteiger partial charge is 0.481 e. The molecule has 4 heteroatoms. The Kier molecular flexibility index (Phi) is 3.88. The molecule has 0 heterocycles. The van der Waals surface area contributed by atoms with E-state index in [0.717, 1.165) is 4.47 Å². The highest BCUT2D eigenvalue weighted by Gasteiger charge is 2.29. The maximum absolute atomic E-state index is 10.6. The first-order chi connectivity index (χ1) is 6.98. The summed E-state index contributed by atoms with van der Waals surface area (Å²) in [5.41, 5.74) is -0.636. The van der Waals surface area contributed by atoms with Gasteiger partial charge in [0, 0.05) is 4.47 Å². The summed E-state index contributed by atoms with van der Waals surface area (Å²) < 4.78 is 0.903. The van der Waals surface area contributed by atoms with Gasteiger partial charge in [0.2, 0.25) is 0 Å². The predicted molar refractivity (Wildman–Crippen MR) is 60.6 cm³/mol. The van der Waals surface area contributed by atoms with Gasteiger partial charge < -0.3 is 10.2 Å². The molecule has 0 aliphatic rings. The van der Waals surface area contributed by atoms with Crippen molar-refractivity contribution in [3.05, 3.63) is 34.3 Å². The van der Waals surface area contributed by atoms with Crippen molar-refractivity contribution in [3.8, 4) is 0 Å². The zero-order chi connectivity index (χ0) is 11.5. The van der Waals surface area contributed by atoms with Gasteiger partial charge >= 0.3 is 5.97 Å². The van der Waals surface area contributed by atoms with Crippen LogP contribution in [0.2, 0.25) is 0 Å². The molecule has 0 spiro atoms. The fraction of sp³-hybridized carbons (Fsp3) is 0.364. The van der Waals surface area contributed by atoms with Gasteiger partial charge in [-0.05, 0) is 24.1 Å². The maximum atomic E-state index is 10.6. The molecule has 1 aromatic rings. The van der Waals surface area contributed by atoms with Gasteiger partial charge in [0.15, 0.2) is 0 Å². The highest BCUT2D eigenvalue weighted by atomic mass is 79.9. The zero-order valence-electron chi connectivity index (χ0n) is 8.40. The van der Waals surface area contributed by atoms with Crippen molar-refractivity contribution in [2.24, 2.45) is 0 Å². The van der Waals surface area contributed by atoms with E-state index in [0.29, 0.717) is 12.0 Å². The first-order valence-electron chi connectivity index (χ1n) is 4.68. The number of carboxylic acids is 1. The van der Waals surface area contributed by atoms with Crippen LogP contribution in [0.5, 0.6) is 0 Å². The fourth-order valence-corrected chi connectivity index (χ4v) is 1.71. The van der Waals surface area contributed by atoms with Crippen LogP contribution in [0.15, 0.2) is 28.7 Å². The Morgan fingerprint density at radius 3 is 2.33 bits per heavy atom. The van der Waals surface area contributed by atoms with Crippen LogP contribution in [0, 0.1) is 0 Å². The number of aliphatic hydroxyl groups is 1. The molecule has 0 fully saturated rings. The van der Waals surface area contributed by atoms with E-state index in [1.165, 1.54) is 0 Å². The lowest BCUT2D eigenvalue weighted by Crippen LogP contribution is -2.28. The minimum absolute atomic E-state index is 0.273. The SMILES string of the molecule is CCC(O)(CC(=O)O)c1ccc(Br)cc1. The summed E-state index contributed by atoms with van der Waals surface area (Å²) in [6, 6.07) is 7.04. The molecule has 1 unspecified atom stereocenters. The molecule has 82 valence electrons. The monoisotopic (exact) mass is 272 g/mol. The molecule has 0 saturated carbocycles. The van der Waals surface area contributed by atoms with Crippen LogP contribution in [0.25, 0.3) is 0 Å². The van der Waals surface area contributed by atoms with Gasteiger partial charge in [-0.1, -0.05) is 35.0 Å². The average molecular weight is 273 g/mol. The van der Waals surface area contributed by atoms with E-state index in [1.54, 1.807) is 31.2 Å². The lowest BCUT2D eigenvalue weighted by atomic mass is 9.88. The lowest BCUT2D eigenvalue weighted by Gasteiger charge is -2.25. The van der Waals surface area contributed by atoms with Crippen molar-refractivity contribution in [3.63, 3.8) is 0 Å². The topological polar surface area (TPSA) is 57.5 Å². The van der Waals surface area contributed by atoms with Gasteiger partial charge in [0.25, 0.3) is 0 Å². The second-order valence-corrected chi connectivity index (χ2v) is 4.38. The minimum Gasteiger partial charge on any atom is -0.481 e. The van der Waals surface area contributed by atoms with Crippen molar-refractivity contribution < 1.29 is 15.0 Å². The number of hydrogen-bond donors (Lipinski definition) is 2. The third-order valence-corrected chi connectivity index (χ3v) is 2.94. The molecule has 0 aromatic heterocycles. The highest BCUT2D eigenvalue weighted by Crippen LogP contribution is 2.29. The highest BCUT2D eigenvalue weighted by molar-refractivity contribution is 9.10. The Labute approximate surface area is 96.9 Å². The summed E-state index contributed by atoms with van der Waals surface area (Å²) in [5.74, 6) is -0.998. The van der Waals surface area contributed by atoms with Gasteiger partial charge in [0.1, 0.15) is 0 Å². The molecule has 0 saturated heterocycles. The van der Waals surface area contributed by atoms with E-state index < -0.39 is 11.6 Å². The predicted octanol–water partition coefficient (Wildman–Crippen LogP) is 2.52. The fourth-order valence-electron chi connectivity index (χ4n) is 1.44. The van der Waals surface area contributed by atoms with E-state index in [9.17, 15) is 9.90 Å². The first-order valence-corrected chi connectivity index (χ1v) is 5.47. The van der Waals surface area contributed by atoms with E-state index in [4.69, 9.17) is 5.11 Å². The molecule has 1 aromatic carbocycles. The Morgan fingerprint density at radius 1 is 1.40 bits per heavy atom. The van der Waals surface area contributed by atoms with Crippen molar-refractivity contribution in [2.45, 2.75) is 25.4 Å².